The smallest absolute Gasteiger partial charge is 0.0568 e. The minimum absolute atomic E-state index is 0.975. The Hall–Kier alpha value is -1.42. The predicted octanol–water partition coefficient (Wildman–Crippen LogP) is 3.65. The highest BCUT2D eigenvalue weighted by Gasteiger charge is 2.02. The van der Waals surface area contributed by atoms with Crippen LogP contribution in [0.1, 0.15) is 13.3 Å². The molecular weight excluding hydrogens is 230 g/mol. The number of nitrogens with zero attached hydrogens (tertiary/aromatic N) is 2. The van der Waals surface area contributed by atoms with Crippen LogP contribution >= 0.6 is 11.9 Å². The molecule has 0 unspecified atom stereocenters. The van der Waals surface area contributed by atoms with Gasteiger partial charge in [0.15, 0.2) is 0 Å². The Morgan fingerprint density at radius 2 is 2.24 bits per heavy atom. The summed E-state index contributed by atoms with van der Waals surface area (Å²) in [5.74, 6) is 0. The van der Waals surface area contributed by atoms with E-state index in [1.807, 2.05) is 17.1 Å². The second kappa shape index (κ2) is 5.77. The SMILES string of the molecule is CCCn1cc(-c2cccc(NSC)c2)cn1. The molecule has 0 radical (unpaired) electrons. The molecule has 17 heavy (non-hydrogen) atoms. The Morgan fingerprint density at radius 3 is 3.00 bits per heavy atom. The second-order valence-corrected chi connectivity index (χ2v) is 4.49. The monoisotopic (exact) mass is 247 g/mol. The molecule has 0 fully saturated rings. The summed E-state index contributed by atoms with van der Waals surface area (Å²) in [7, 11) is 0. The standard InChI is InChI=1S/C13H17N3S/c1-3-7-16-10-12(9-14-16)11-5-4-6-13(8-11)15-17-2/h4-6,8-10,15H,3,7H2,1-2H3. The molecule has 0 amide bonds. The quantitative estimate of drug-likeness (QED) is 0.818. The summed E-state index contributed by atoms with van der Waals surface area (Å²) in [6, 6.07) is 8.38. The average molecular weight is 247 g/mol. The highest BCUT2D eigenvalue weighted by atomic mass is 32.2. The van der Waals surface area contributed by atoms with Gasteiger partial charge in [0, 0.05) is 30.2 Å². The minimum atomic E-state index is 0.975. The molecule has 0 aliphatic rings. The first-order chi connectivity index (χ1) is 8.33. The molecule has 1 N–H and O–H groups in total. The van der Waals surface area contributed by atoms with Gasteiger partial charge in [-0.3, -0.25) is 4.68 Å². The minimum Gasteiger partial charge on any atom is -0.330 e. The number of hydrogen-bond donors (Lipinski definition) is 1. The molecule has 0 atom stereocenters. The number of benzene rings is 1. The summed E-state index contributed by atoms with van der Waals surface area (Å²) in [6.45, 7) is 3.13. The van der Waals surface area contributed by atoms with E-state index in [0.717, 1.165) is 18.7 Å². The number of anilines is 1. The van der Waals surface area contributed by atoms with Crippen molar-refractivity contribution in [1.82, 2.24) is 9.78 Å². The molecule has 4 heteroatoms. The lowest BCUT2D eigenvalue weighted by Crippen LogP contribution is -1.95. The lowest BCUT2D eigenvalue weighted by Gasteiger charge is -2.04. The van der Waals surface area contributed by atoms with E-state index in [1.54, 1.807) is 11.9 Å². The summed E-state index contributed by atoms with van der Waals surface area (Å²) < 4.78 is 5.23. The second-order valence-electron chi connectivity index (χ2n) is 3.88. The number of nitrogens with one attached hydrogen (secondary N) is 1. The van der Waals surface area contributed by atoms with Gasteiger partial charge in [-0.15, -0.1) is 0 Å². The zero-order valence-electron chi connectivity index (χ0n) is 10.2. The van der Waals surface area contributed by atoms with E-state index in [-0.39, 0.29) is 0 Å². The Labute approximate surface area is 106 Å². The lowest BCUT2D eigenvalue weighted by molar-refractivity contribution is 0.603. The molecule has 1 aromatic heterocycles. The van der Waals surface area contributed by atoms with E-state index in [1.165, 1.54) is 11.1 Å². The molecule has 1 heterocycles. The summed E-state index contributed by atoms with van der Waals surface area (Å²) in [4.78, 5) is 0. The van der Waals surface area contributed by atoms with Gasteiger partial charge in [-0.2, -0.15) is 5.10 Å². The van der Waals surface area contributed by atoms with Gasteiger partial charge >= 0.3 is 0 Å². The van der Waals surface area contributed by atoms with Crippen molar-refractivity contribution >= 4 is 17.6 Å². The van der Waals surface area contributed by atoms with E-state index in [0.29, 0.717) is 0 Å². The lowest BCUT2D eigenvalue weighted by atomic mass is 10.1. The van der Waals surface area contributed by atoms with E-state index >= 15 is 0 Å². The van der Waals surface area contributed by atoms with Crippen LogP contribution in [0.3, 0.4) is 0 Å². The molecule has 0 aliphatic heterocycles. The summed E-state index contributed by atoms with van der Waals surface area (Å²) in [6.07, 6.45) is 7.15. The maximum absolute atomic E-state index is 4.35. The topological polar surface area (TPSA) is 29.9 Å². The molecule has 0 saturated heterocycles. The Kier molecular flexibility index (Phi) is 4.09. The number of hydrogen-bond acceptors (Lipinski definition) is 3. The van der Waals surface area contributed by atoms with Crippen LogP contribution in [0.25, 0.3) is 11.1 Å². The molecule has 0 saturated carbocycles. The number of aryl methyl sites for hydroxylation is 1. The zero-order chi connectivity index (χ0) is 12.1. The van der Waals surface area contributed by atoms with Gasteiger partial charge in [0.2, 0.25) is 0 Å². The van der Waals surface area contributed by atoms with Crippen LogP contribution in [0, 0.1) is 0 Å². The maximum atomic E-state index is 4.35. The largest absolute Gasteiger partial charge is 0.330 e. The Morgan fingerprint density at radius 1 is 1.35 bits per heavy atom. The van der Waals surface area contributed by atoms with Gasteiger partial charge in [-0.1, -0.05) is 31.0 Å². The average Bonchev–Trinajstić information content (AvgIpc) is 2.79. The van der Waals surface area contributed by atoms with Crippen LogP contribution in [0.5, 0.6) is 0 Å². The van der Waals surface area contributed by atoms with Gasteiger partial charge in [-0.05, 0) is 24.1 Å². The Bertz CT molecular complexity index is 479. The summed E-state index contributed by atoms with van der Waals surface area (Å²) >= 11 is 1.60. The first kappa shape index (κ1) is 12.0. The summed E-state index contributed by atoms with van der Waals surface area (Å²) in [5, 5.41) is 4.35. The van der Waals surface area contributed by atoms with Crippen molar-refractivity contribution in [2.24, 2.45) is 0 Å². The molecule has 0 bridgehead atoms. The molecule has 0 aliphatic carbocycles. The zero-order valence-corrected chi connectivity index (χ0v) is 11.0. The van der Waals surface area contributed by atoms with Crippen LogP contribution in [0.2, 0.25) is 0 Å². The first-order valence-corrected chi connectivity index (χ1v) is 6.98. The highest BCUT2D eigenvalue weighted by Crippen LogP contribution is 2.23. The van der Waals surface area contributed by atoms with Crippen molar-refractivity contribution in [2.75, 3.05) is 11.0 Å². The highest BCUT2D eigenvalue weighted by molar-refractivity contribution is 7.99. The van der Waals surface area contributed by atoms with Crippen molar-refractivity contribution in [2.45, 2.75) is 19.9 Å². The fourth-order valence-corrected chi connectivity index (χ4v) is 2.11. The van der Waals surface area contributed by atoms with E-state index in [9.17, 15) is 0 Å². The third kappa shape index (κ3) is 3.03. The molecule has 3 nitrogen and oxygen atoms in total. The van der Waals surface area contributed by atoms with Crippen LogP contribution < -0.4 is 4.72 Å². The molecule has 90 valence electrons. The van der Waals surface area contributed by atoms with Gasteiger partial charge in [0.05, 0.1) is 6.20 Å². The van der Waals surface area contributed by atoms with Crippen LogP contribution in [-0.2, 0) is 6.54 Å². The van der Waals surface area contributed by atoms with Crippen LogP contribution in [0.15, 0.2) is 36.7 Å². The summed E-state index contributed by atoms with van der Waals surface area (Å²) in [5.41, 5.74) is 3.49. The number of aromatic nitrogens is 2. The fourth-order valence-electron chi connectivity index (χ4n) is 1.74. The van der Waals surface area contributed by atoms with Crippen LogP contribution in [-0.4, -0.2) is 16.0 Å². The van der Waals surface area contributed by atoms with E-state index in [2.05, 4.69) is 47.2 Å². The molecule has 1 aromatic carbocycles. The molecular formula is C13H17N3S. The van der Waals surface area contributed by atoms with Crippen molar-refractivity contribution in [3.8, 4) is 11.1 Å². The van der Waals surface area contributed by atoms with Gasteiger partial charge in [-0.25, -0.2) is 0 Å². The Balaban J connectivity index is 2.22. The van der Waals surface area contributed by atoms with Crippen LogP contribution in [0.4, 0.5) is 5.69 Å². The molecule has 2 rings (SSSR count). The normalized spacial score (nSPS) is 10.5. The van der Waals surface area contributed by atoms with Crippen molar-refractivity contribution < 1.29 is 0 Å². The third-order valence-corrected chi connectivity index (χ3v) is 2.94. The fraction of sp³-hybridized carbons (Fsp3) is 0.308. The van der Waals surface area contributed by atoms with Crippen molar-refractivity contribution in [3.05, 3.63) is 36.7 Å². The van der Waals surface area contributed by atoms with Crippen molar-refractivity contribution in [3.63, 3.8) is 0 Å². The first-order valence-electron chi connectivity index (χ1n) is 5.75. The number of rotatable bonds is 5. The van der Waals surface area contributed by atoms with E-state index in [4.69, 9.17) is 0 Å². The van der Waals surface area contributed by atoms with Gasteiger partial charge in [0.25, 0.3) is 0 Å². The van der Waals surface area contributed by atoms with E-state index < -0.39 is 0 Å². The maximum Gasteiger partial charge on any atom is 0.0568 e. The predicted molar refractivity (Wildman–Crippen MR) is 75.1 cm³/mol. The third-order valence-electron chi connectivity index (χ3n) is 2.50. The van der Waals surface area contributed by atoms with Crippen molar-refractivity contribution in [1.29, 1.82) is 0 Å². The van der Waals surface area contributed by atoms with Gasteiger partial charge < -0.3 is 4.72 Å². The molecule has 0 spiro atoms. The molecule has 2 aromatic rings. The van der Waals surface area contributed by atoms with Gasteiger partial charge in [0.1, 0.15) is 0 Å².